The molecule has 0 saturated carbocycles. The summed E-state index contributed by atoms with van der Waals surface area (Å²) < 4.78 is 0. The summed E-state index contributed by atoms with van der Waals surface area (Å²) in [5.41, 5.74) is 0.927. The molecule has 2 N–H and O–H groups in total. The van der Waals surface area contributed by atoms with E-state index in [0.717, 1.165) is 50.9 Å². The number of aromatic hydroxyl groups is 1. The van der Waals surface area contributed by atoms with Crippen LogP contribution in [0.2, 0.25) is 0 Å². The third-order valence-corrected chi connectivity index (χ3v) is 5.66. The highest BCUT2D eigenvalue weighted by molar-refractivity contribution is 5.80. The number of anilines is 1. The second-order valence-electron chi connectivity index (χ2n) is 7.17. The van der Waals surface area contributed by atoms with Crippen LogP contribution in [-0.2, 0) is 0 Å². The van der Waals surface area contributed by atoms with E-state index >= 15 is 0 Å². The Balaban J connectivity index is 1.51. The van der Waals surface area contributed by atoms with Gasteiger partial charge in [-0.1, -0.05) is 25.5 Å². The van der Waals surface area contributed by atoms with Crippen LogP contribution in [0, 0.1) is 0 Å². The Morgan fingerprint density at radius 3 is 2.62 bits per heavy atom. The fourth-order valence-electron chi connectivity index (χ4n) is 4.14. The number of phenolic OH excluding ortho intramolecular Hbond substituents is 1. The molecule has 1 aromatic carbocycles. The van der Waals surface area contributed by atoms with Gasteiger partial charge in [0.1, 0.15) is 5.75 Å². The molecule has 2 heterocycles. The summed E-state index contributed by atoms with van der Waals surface area (Å²) in [6.45, 7) is 9.19. The average Bonchev–Trinajstić information content (AvgIpc) is 2.70. The number of benzene rings is 1. The van der Waals surface area contributed by atoms with Crippen molar-refractivity contribution < 1.29 is 5.11 Å². The van der Waals surface area contributed by atoms with Gasteiger partial charge in [-0.25, -0.2) is 0 Å². The third-order valence-electron chi connectivity index (χ3n) is 5.66. The Labute approximate surface area is 157 Å². The number of piperazine rings is 1. The number of nitrogens with zero attached hydrogens (tertiary/aromatic N) is 4. The predicted octanol–water partition coefficient (Wildman–Crippen LogP) is 1.96. The van der Waals surface area contributed by atoms with Crippen molar-refractivity contribution in [3.05, 3.63) is 24.3 Å². The zero-order valence-corrected chi connectivity index (χ0v) is 16.2. The summed E-state index contributed by atoms with van der Waals surface area (Å²) in [4.78, 5) is 11.7. The standard InChI is InChI=1S/C20H33N5O/c1-3-23-11-7-6-8-17(23)16-22-20(21-2)25-14-12-24(13-15-25)18-9-4-5-10-19(18)26/h4-5,9-10,17,26H,3,6-8,11-16H2,1-2H3,(H,21,22). The van der Waals surface area contributed by atoms with E-state index in [4.69, 9.17) is 0 Å². The molecule has 0 spiro atoms. The van der Waals surface area contributed by atoms with Gasteiger partial charge in [-0.3, -0.25) is 9.89 Å². The number of aliphatic imine (C=N–C) groups is 1. The molecule has 0 aromatic heterocycles. The van der Waals surface area contributed by atoms with Crippen LogP contribution in [0.1, 0.15) is 26.2 Å². The van der Waals surface area contributed by atoms with Crippen molar-refractivity contribution in [2.45, 2.75) is 32.2 Å². The minimum atomic E-state index is 0.361. The lowest BCUT2D eigenvalue weighted by atomic mass is 10.0. The Morgan fingerprint density at radius 2 is 1.92 bits per heavy atom. The molecule has 2 saturated heterocycles. The first kappa shape index (κ1) is 18.8. The molecule has 1 aromatic rings. The normalized spacial score (nSPS) is 22.5. The largest absolute Gasteiger partial charge is 0.506 e. The van der Waals surface area contributed by atoms with E-state index in [1.807, 2.05) is 25.2 Å². The first-order valence-corrected chi connectivity index (χ1v) is 9.95. The van der Waals surface area contributed by atoms with Gasteiger partial charge in [-0.2, -0.15) is 0 Å². The van der Waals surface area contributed by atoms with Crippen LogP contribution in [-0.4, -0.2) is 79.8 Å². The highest BCUT2D eigenvalue weighted by atomic mass is 16.3. The van der Waals surface area contributed by atoms with Gasteiger partial charge in [-0.05, 0) is 38.1 Å². The van der Waals surface area contributed by atoms with E-state index in [1.165, 1.54) is 25.8 Å². The summed E-state index contributed by atoms with van der Waals surface area (Å²) in [6.07, 6.45) is 3.94. The van der Waals surface area contributed by atoms with Crippen molar-refractivity contribution in [2.75, 3.05) is 57.8 Å². The van der Waals surface area contributed by atoms with Gasteiger partial charge in [0.2, 0.25) is 0 Å². The average molecular weight is 360 g/mol. The Hall–Kier alpha value is -1.95. The fraction of sp³-hybridized carbons (Fsp3) is 0.650. The van der Waals surface area contributed by atoms with Crippen molar-refractivity contribution >= 4 is 11.6 Å². The van der Waals surface area contributed by atoms with E-state index < -0.39 is 0 Å². The molecule has 0 aliphatic carbocycles. The number of nitrogens with one attached hydrogen (secondary N) is 1. The molecule has 3 rings (SSSR count). The van der Waals surface area contributed by atoms with Gasteiger partial charge < -0.3 is 20.2 Å². The Morgan fingerprint density at radius 1 is 1.15 bits per heavy atom. The maximum absolute atomic E-state index is 10.1. The highest BCUT2D eigenvalue weighted by Crippen LogP contribution is 2.27. The van der Waals surface area contributed by atoms with Crippen LogP contribution >= 0.6 is 0 Å². The summed E-state index contributed by atoms with van der Waals surface area (Å²) in [5, 5.41) is 13.7. The molecule has 144 valence electrons. The van der Waals surface area contributed by atoms with Crippen LogP contribution in [0.25, 0.3) is 0 Å². The molecule has 6 nitrogen and oxygen atoms in total. The number of hydrogen-bond donors (Lipinski definition) is 2. The van der Waals surface area contributed by atoms with Gasteiger partial charge in [0.05, 0.1) is 5.69 Å². The maximum atomic E-state index is 10.1. The minimum Gasteiger partial charge on any atom is -0.506 e. The zero-order chi connectivity index (χ0) is 18.4. The van der Waals surface area contributed by atoms with Crippen LogP contribution in [0.5, 0.6) is 5.75 Å². The third kappa shape index (κ3) is 4.41. The molecule has 2 aliphatic heterocycles. The Kier molecular flexibility index (Phi) is 6.61. The minimum absolute atomic E-state index is 0.361. The highest BCUT2D eigenvalue weighted by Gasteiger charge is 2.24. The molecule has 0 radical (unpaired) electrons. The number of hydrogen-bond acceptors (Lipinski definition) is 4. The molecule has 6 heteroatoms. The molecule has 26 heavy (non-hydrogen) atoms. The second-order valence-corrected chi connectivity index (χ2v) is 7.17. The van der Waals surface area contributed by atoms with Crippen LogP contribution in [0.15, 0.2) is 29.3 Å². The smallest absolute Gasteiger partial charge is 0.193 e. The topological polar surface area (TPSA) is 54.3 Å². The molecule has 0 bridgehead atoms. The van der Waals surface area contributed by atoms with Crippen molar-refractivity contribution in [1.29, 1.82) is 0 Å². The van der Waals surface area contributed by atoms with Gasteiger partial charge in [0.25, 0.3) is 0 Å². The predicted molar refractivity (Wildman–Crippen MR) is 108 cm³/mol. The van der Waals surface area contributed by atoms with E-state index in [1.54, 1.807) is 6.07 Å². The van der Waals surface area contributed by atoms with Crippen LogP contribution < -0.4 is 10.2 Å². The molecular formula is C20H33N5O. The number of likely N-dealkylation sites (tertiary alicyclic amines) is 1. The maximum Gasteiger partial charge on any atom is 0.193 e. The molecule has 2 fully saturated rings. The number of likely N-dealkylation sites (N-methyl/N-ethyl adjacent to an activating group) is 1. The first-order chi connectivity index (χ1) is 12.7. The SMILES string of the molecule is CCN1CCCCC1CNC(=NC)N1CCN(c2ccccc2O)CC1. The Bertz CT molecular complexity index is 598. The monoisotopic (exact) mass is 359 g/mol. The van der Waals surface area contributed by atoms with Crippen molar-refractivity contribution in [1.82, 2.24) is 15.1 Å². The number of rotatable bonds is 4. The molecular weight excluding hydrogens is 326 g/mol. The second kappa shape index (κ2) is 9.12. The van der Waals surface area contributed by atoms with Crippen LogP contribution in [0.4, 0.5) is 5.69 Å². The van der Waals surface area contributed by atoms with Crippen LogP contribution in [0.3, 0.4) is 0 Å². The molecule has 0 amide bonds. The summed E-state index contributed by atoms with van der Waals surface area (Å²) >= 11 is 0. The summed E-state index contributed by atoms with van der Waals surface area (Å²) in [7, 11) is 1.87. The number of piperidine rings is 1. The lowest BCUT2D eigenvalue weighted by Crippen LogP contribution is -2.55. The van der Waals surface area contributed by atoms with E-state index in [-0.39, 0.29) is 0 Å². The number of para-hydroxylation sites is 2. The van der Waals surface area contributed by atoms with Gasteiger partial charge >= 0.3 is 0 Å². The summed E-state index contributed by atoms with van der Waals surface area (Å²) in [5.74, 6) is 1.36. The lowest BCUT2D eigenvalue weighted by molar-refractivity contribution is 0.156. The van der Waals surface area contributed by atoms with Gasteiger partial charge in [-0.15, -0.1) is 0 Å². The van der Waals surface area contributed by atoms with E-state index in [2.05, 4.69) is 31.9 Å². The lowest BCUT2D eigenvalue weighted by Gasteiger charge is -2.39. The van der Waals surface area contributed by atoms with Gasteiger partial charge in [0.15, 0.2) is 5.96 Å². The van der Waals surface area contributed by atoms with Crippen molar-refractivity contribution in [3.63, 3.8) is 0 Å². The number of guanidine groups is 1. The summed E-state index contributed by atoms with van der Waals surface area (Å²) in [6, 6.07) is 8.21. The molecule has 2 aliphatic rings. The number of phenols is 1. The molecule has 1 unspecified atom stereocenters. The van der Waals surface area contributed by atoms with Crippen molar-refractivity contribution in [2.24, 2.45) is 4.99 Å². The zero-order valence-electron chi connectivity index (χ0n) is 16.2. The van der Waals surface area contributed by atoms with E-state index in [0.29, 0.717) is 11.8 Å². The van der Waals surface area contributed by atoms with Gasteiger partial charge in [0, 0.05) is 45.8 Å². The quantitative estimate of drug-likeness (QED) is 0.636. The first-order valence-electron chi connectivity index (χ1n) is 9.95. The van der Waals surface area contributed by atoms with Crippen molar-refractivity contribution in [3.8, 4) is 5.75 Å². The molecule has 1 atom stereocenters. The van der Waals surface area contributed by atoms with E-state index in [9.17, 15) is 5.11 Å². The fourth-order valence-corrected chi connectivity index (χ4v) is 4.14.